The van der Waals surface area contributed by atoms with Crippen molar-refractivity contribution in [1.82, 2.24) is 0 Å². The first-order valence-corrected chi connectivity index (χ1v) is 7.64. The molecule has 0 N–H and O–H groups in total. The van der Waals surface area contributed by atoms with Gasteiger partial charge in [-0.25, -0.2) is 0 Å². The van der Waals surface area contributed by atoms with Crippen molar-refractivity contribution in [3.05, 3.63) is 11.8 Å². The minimum Gasteiger partial charge on any atom is -0.431 e. The Hall–Kier alpha value is -0.790. The van der Waals surface area contributed by atoms with Crippen LogP contribution in [0.15, 0.2) is 11.8 Å². The van der Waals surface area contributed by atoms with Crippen LogP contribution in [0.1, 0.15) is 65.2 Å². The topological polar surface area (TPSA) is 26.3 Å². The fourth-order valence-electron chi connectivity index (χ4n) is 3.12. The zero-order valence-electron chi connectivity index (χ0n) is 11.8. The molecule has 2 rings (SSSR count). The van der Waals surface area contributed by atoms with E-state index in [1.807, 2.05) is 6.92 Å². The molecule has 18 heavy (non-hydrogen) atoms. The van der Waals surface area contributed by atoms with Crippen LogP contribution < -0.4 is 0 Å². The van der Waals surface area contributed by atoms with E-state index in [9.17, 15) is 4.79 Å². The number of hydrogen-bond acceptors (Lipinski definition) is 2. The fourth-order valence-corrected chi connectivity index (χ4v) is 3.12. The summed E-state index contributed by atoms with van der Waals surface area (Å²) in [6.07, 6.45) is 11.8. The van der Waals surface area contributed by atoms with Crippen LogP contribution in [0.25, 0.3) is 0 Å². The van der Waals surface area contributed by atoms with E-state index >= 15 is 0 Å². The standard InChI is InChI=1S/C16H26O2/c1-3-4-5-6-7-12(2)16(17)18-15-11-13-8-9-14(15)10-13/h11-14H,3-10H2,1-2H3. The molecule has 1 saturated carbocycles. The van der Waals surface area contributed by atoms with E-state index in [4.69, 9.17) is 4.74 Å². The van der Waals surface area contributed by atoms with Crippen LogP contribution in [0.5, 0.6) is 0 Å². The number of rotatable bonds is 7. The second-order valence-corrected chi connectivity index (χ2v) is 6.01. The molecule has 2 nitrogen and oxygen atoms in total. The van der Waals surface area contributed by atoms with Gasteiger partial charge in [-0.1, -0.05) is 39.5 Å². The maximum Gasteiger partial charge on any atom is 0.313 e. The van der Waals surface area contributed by atoms with Crippen molar-refractivity contribution < 1.29 is 9.53 Å². The Balaban J connectivity index is 1.69. The van der Waals surface area contributed by atoms with E-state index in [2.05, 4.69) is 13.0 Å². The van der Waals surface area contributed by atoms with Crippen molar-refractivity contribution in [3.63, 3.8) is 0 Å². The Morgan fingerprint density at radius 1 is 1.39 bits per heavy atom. The Kier molecular flexibility index (Phi) is 4.85. The lowest BCUT2D eigenvalue weighted by Crippen LogP contribution is -2.16. The number of carbonyl (C=O) groups excluding carboxylic acids is 1. The van der Waals surface area contributed by atoms with Gasteiger partial charge in [-0.15, -0.1) is 0 Å². The molecule has 2 aliphatic rings. The summed E-state index contributed by atoms with van der Waals surface area (Å²) in [4.78, 5) is 12.0. The Bertz CT molecular complexity index is 319. The van der Waals surface area contributed by atoms with Crippen LogP contribution in [-0.2, 0) is 9.53 Å². The fraction of sp³-hybridized carbons (Fsp3) is 0.812. The van der Waals surface area contributed by atoms with Crippen LogP contribution in [0, 0.1) is 17.8 Å². The summed E-state index contributed by atoms with van der Waals surface area (Å²) in [5.41, 5.74) is 0. The van der Waals surface area contributed by atoms with E-state index in [-0.39, 0.29) is 11.9 Å². The molecule has 2 heteroatoms. The molecule has 0 aromatic heterocycles. The minimum absolute atomic E-state index is 0.00898. The van der Waals surface area contributed by atoms with Crippen molar-refractivity contribution in [2.24, 2.45) is 17.8 Å². The number of allylic oxidation sites excluding steroid dienone is 2. The maximum absolute atomic E-state index is 12.0. The molecule has 0 aromatic rings. The molecule has 0 spiro atoms. The maximum atomic E-state index is 12.0. The molecule has 0 aromatic carbocycles. The molecule has 3 unspecified atom stereocenters. The summed E-state index contributed by atoms with van der Waals surface area (Å²) in [6, 6.07) is 0. The summed E-state index contributed by atoms with van der Waals surface area (Å²) >= 11 is 0. The monoisotopic (exact) mass is 250 g/mol. The first-order valence-electron chi connectivity index (χ1n) is 7.64. The number of esters is 1. The number of unbranched alkanes of at least 4 members (excludes halogenated alkanes) is 3. The van der Waals surface area contributed by atoms with E-state index < -0.39 is 0 Å². The largest absolute Gasteiger partial charge is 0.431 e. The van der Waals surface area contributed by atoms with Gasteiger partial charge in [0.1, 0.15) is 5.76 Å². The lowest BCUT2D eigenvalue weighted by Gasteiger charge is -2.16. The van der Waals surface area contributed by atoms with Gasteiger partial charge in [0.2, 0.25) is 0 Å². The third-order valence-electron chi connectivity index (χ3n) is 4.39. The Morgan fingerprint density at radius 2 is 2.22 bits per heavy atom. The molecule has 2 bridgehead atoms. The second-order valence-electron chi connectivity index (χ2n) is 6.01. The molecule has 0 saturated heterocycles. The summed E-state index contributed by atoms with van der Waals surface area (Å²) in [5.74, 6) is 2.27. The molecule has 1 fully saturated rings. The average Bonchev–Trinajstić information content (AvgIpc) is 2.96. The third kappa shape index (κ3) is 3.37. The normalized spacial score (nSPS) is 27.1. The highest BCUT2D eigenvalue weighted by Crippen LogP contribution is 2.44. The lowest BCUT2D eigenvalue weighted by molar-refractivity contribution is -0.144. The third-order valence-corrected chi connectivity index (χ3v) is 4.39. The van der Waals surface area contributed by atoms with Gasteiger partial charge in [-0.2, -0.15) is 0 Å². The van der Waals surface area contributed by atoms with E-state index in [0.29, 0.717) is 11.8 Å². The van der Waals surface area contributed by atoms with Gasteiger partial charge in [0.25, 0.3) is 0 Å². The quantitative estimate of drug-likeness (QED) is 0.493. The number of ether oxygens (including phenoxy) is 1. The van der Waals surface area contributed by atoms with Gasteiger partial charge in [0.05, 0.1) is 5.92 Å². The van der Waals surface area contributed by atoms with Gasteiger partial charge in [-0.05, 0) is 37.7 Å². The first-order chi connectivity index (χ1) is 8.70. The minimum atomic E-state index is -0.00898. The molecule has 0 heterocycles. The van der Waals surface area contributed by atoms with Gasteiger partial charge >= 0.3 is 5.97 Å². The molecule has 0 aliphatic heterocycles. The number of hydrogen-bond donors (Lipinski definition) is 0. The van der Waals surface area contributed by atoms with Crippen molar-refractivity contribution in [3.8, 4) is 0 Å². The molecule has 102 valence electrons. The average molecular weight is 250 g/mol. The highest BCUT2D eigenvalue weighted by atomic mass is 16.5. The molecular formula is C16H26O2. The van der Waals surface area contributed by atoms with Gasteiger partial charge in [0, 0.05) is 5.92 Å². The smallest absolute Gasteiger partial charge is 0.313 e. The predicted octanol–water partition coefficient (Wildman–Crippen LogP) is 4.45. The van der Waals surface area contributed by atoms with Crippen LogP contribution in [0.2, 0.25) is 0 Å². The lowest BCUT2D eigenvalue weighted by atomic mass is 10.0. The molecule has 2 aliphatic carbocycles. The van der Waals surface area contributed by atoms with Crippen LogP contribution in [0.4, 0.5) is 0 Å². The Labute approximate surface area is 111 Å². The number of fused-ring (bicyclic) bond motifs is 2. The van der Waals surface area contributed by atoms with Crippen molar-refractivity contribution in [1.29, 1.82) is 0 Å². The second kappa shape index (κ2) is 6.40. The summed E-state index contributed by atoms with van der Waals surface area (Å²) in [7, 11) is 0. The van der Waals surface area contributed by atoms with Crippen LogP contribution in [0.3, 0.4) is 0 Å². The number of carbonyl (C=O) groups is 1. The highest BCUT2D eigenvalue weighted by molar-refractivity contribution is 5.73. The SMILES string of the molecule is CCCCCCC(C)C(=O)OC1=CC2CCC1C2. The molecule has 0 amide bonds. The molecule has 3 atom stereocenters. The molecule has 0 radical (unpaired) electrons. The highest BCUT2D eigenvalue weighted by Gasteiger charge is 2.35. The van der Waals surface area contributed by atoms with E-state index in [1.54, 1.807) is 0 Å². The van der Waals surface area contributed by atoms with E-state index in [1.165, 1.54) is 38.5 Å². The summed E-state index contributed by atoms with van der Waals surface area (Å²) in [5, 5.41) is 0. The summed E-state index contributed by atoms with van der Waals surface area (Å²) in [6.45, 7) is 4.21. The Morgan fingerprint density at radius 3 is 2.83 bits per heavy atom. The van der Waals surface area contributed by atoms with Crippen LogP contribution in [-0.4, -0.2) is 5.97 Å². The van der Waals surface area contributed by atoms with Gasteiger partial charge < -0.3 is 4.74 Å². The zero-order chi connectivity index (χ0) is 13.0. The van der Waals surface area contributed by atoms with E-state index in [0.717, 1.165) is 18.6 Å². The van der Waals surface area contributed by atoms with Crippen molar-refractivity contribution in [2.45, 2.75) is 65.2 Å². The van der Waals surface area contributed by atoms with Crippen LogP contribution >= 0.6 is 0 Å². The van der Waals surface area contributed by atoms with Gasteiger partial charge in [0.15, 0.2) is 0 Å². The molecular weight excluding hydrogens is 224 g/mol. The predicted molar refractivity (Wildman–Crippen MR) is 72.9 cm³/mol. The van der Waals surface area contributed by atoms with Crippen molar-refractivity contribution in [2.75, 3.05) is 0 Å². The summed E-state index contributed by atoms with van der Waals surface area (Å²) < 4.78 is 5.59. The first kappa shape index (κ1) is 13.6. The zero-order valence-corrected chi connectivity index (χ0v) is 11.8. The van der Waals surface area contributed by atoms with Gasteiger partial charge in [-0.3, -0.25) is 4.79 Å². The van der Waals surface area contributed by atoms with Crippen molar-refractivity contribution >= 4 is 5.97 Å².